The van der Waals surface area contributed by atoms with Crippen LogP contribution >= 0.6 is 0 Å². The van der Waals surface area contributed by atoms with E-state index >= 15 is 0 Å². The molecule has 0 saturated carbocycles. The van der Waals surface area contributed by atoms with Crippen molar-refractivity contribution >= 4 is 5.91 Å². The molecule has 0 radical (unpaired) electrons. The first-order valence-corrected chi connectivity index (χ1v) is 8.08. The van der Waals surface area contributed by atoms with E-state index in [0.29, 0.717) is 43.2 Å². The lowest BCUT2D eigenvalue weighted by Gasteiger charge is -2.33. The van der Waals surface area contributed by atoms with Crippen LogP contribution in [0.1, 0.15) is 40.3 Å². The predicted molar refractivity (Wildman–Crippen MR) is 86.2 cm³/mol. The molecule has 2 heterocycles. The number of carbonyl (C=O) groups excluding carboxylic acids is 1. The van der Waals surface area contributed by atoms with Crippen molar-refractivity contribution in [2.45, 2.75) is 33.4 Å². The Kier molecular flexibility index (Phi) is 4.62. The number of amides is 1. The molecular formula is C17H21FN4O2. The lowest BCUT2D eigenvalue weighted by atomic mass is 10.0. The van der Waals surface area contributed by atoms with E-state index < -0.39 is 0 Å². The minimum absolute atomic E-state index is 0.140. The van der Waals surface area contributed by atoms with Gasteiger partial charge in [-0.05, 0) is 38.0 Å². The number of carbonyl (C=O) groups is 1. The summed E-state index contributed by atoms with van der Waals surface area (Å²) in [6, 6.07) is 4.91. The van der Waals surface area contributed by atoms with Crippen LogP contribution in [-0.2, 0) is 11.3 Å². The van der Waals surface area contributed by atoms with Crippen LogP contribution in [0, 0.1) is 19.7 Å². The van der Waals surface area contributed by atoms with Crippen LogP contribution < -0.4 is 0 Å². The van der Waals surface area contributed by atoms with Gasteiger partial charge in [0.15, 0.2) is 5.69 Å². The molecule has 7 heteroatoms. The monoisotopic (exact) mass is 332 g/mol. The second kappa shape index (κ2) is 6.68. The Bertz CT molecular complexity index is 759. The molecule has 1 unspecified atom stereocenters. The second-order valence-corrected chi connectivity index (χ2v) is 5.94. The van der Waals surface area contributed by atoms with Crippen molar-refractivity contribution in [2.75, 3.05) is 19.7 Å². The van der Waals surface area contributed by atoms with Gasteiger partial charge in [-0.3, -0.25) is 4.79 Å². The van der Waals surface area contributed by atoms with E-state index in [9.17, 15) is 9.18 Å². The molecule has 0 spiro atoms. The normalized spacial score (nSPS) is 18.0. The van der Waals surface area contributed by atoms with Gasteiger partial charge in [0, 0.05) is 6.54 Å². The summed E-state index contributed by atoms with van der Waals surface area (Å²) in [4.78, 5) is 16.0. The molecule has 24 heavy (non-hydrogen) atoms. The second-order valence-electron chi connectivity index (χ2n) is 5.94. The highest BCUT2D eigenvalue weighted by Crippen LogP contribution is 2.25. The molecule has 3 rings (SSSR count). The van der Waals surface area contributed by atoms with Gasteiger partial charge < -0.3 is 9.64 Å². The van der Waals surface area contributed by atoms with Crippen molar-refractivity contribution in [3.63, 3.8) is 0 Å². The first-order chi connectivity index (χ1) is 11.5. The van der Waals surface area contributed by atoms with E-state index in [-0.39, 0.29) is 17.8 Å². The summed E-state index contributed by atoms with van der Waals surface area (Å²) in [5.41, 5.74) is 2.46. The van der Waals surface area contributed by atoms with Crippen LogP contribution in [-0.4, -0.2) is 45.5 Å². The van der Waals surface area contributed by atoms with Gasteiger partial charge >= 0.3 is 0 Å². The summed E-state index contributed by atoms with van der Waals surface area (Å²) < 4.78 is 19.2. The molecule has 1 fully saturated rings. The average Bonchev–Trinajstić information content (AvgIpc) is 2.98. The van der Waals surface area contributed by atoms with Crippen LogP contribution in [0.15, 0.2) is 18.2 Å². The number of ether oxygens (including phenoxy) is 1. The molecular weight excluding hydrogens is 311 g/mol. The number of nitrogens with zero attached hydrogens (tertiary/aromatic N) is 4. The fourth-order valence-corrected chi connectivity index (χ4v) is 2.82. The van der Waals surface area contributed by atoms with Gasteiger partial charge in [0.25, 0.3) is 5.91 Å². The number of hydrogen-bond acceptors (Lipinski definition) is 4. The predicted octanol–water partition coefficient (Wildman–Crippen LogP) is 2.27. The number of halogens is 1. The summed E-state index contributed by atoms with van der Waals surface area (Å²) in [6.45, 7) is 7.42. The van der Waals surface area contributed by atoms with E-state index in [2.05, 4.69) is 10.2 Å². The summed E-state index contributed by atoms with van der Waals surface area (Å²) in [7, 11) is 0. The lowest BCUT2D eigenvalue weighted by molar-refractivity contribution is -0.0231. The van der Waals surface area contributed by atoms with Gasteiger partial charge in [0.1, 0.15) is 11.9 Å². The summed E-state index contributed by atoms with van der Waals surface area (Å²) >= 11 is 0. The molecule has 1 aromatic heterocycles. The van der Waals surface area contributed by atoms with E-state index in [0.717, 1.165) is 5.56 Å². The molecule has 1 saturated heterocycles. The molecule has 128 valence electrons. The number of aromatic nitrogens is 3. The molecule has 1 aromatic carbocycles. The van der Waals surface area contributed by atoms with Gasteiger partial charge in [0.05, 0.1) is 25.4 Å². The highest BCUT2D eigenvalue weighted by atomic mass is 19.1. The molecule has 1 amide bonds. The van der Waals surface area contributed by atoms with Gasteiger partial charge in [-0.25, -0.2) is 4.39 Å². The summed E-state index contributed by atoms with van der Waals surface area (Å²) in [5, 5.41) is 8.48. The molecule has 0 bridgehead atoms. The smallest absolute Gasteiger partial charge is 0.276 e. The Balaban J connectivity index is 1.78. The Morgan fingerprint density at radius 2 is 2.17 bits per heavy atom. The van der Waals surface area contributed by atoms with Crippen molar-refractivity contribution in [1.29, 1.82) is 0 Å². The number of rotatable bonds is 3. The number of aryl methyl sites for hydroxylation is 3. The fraction of sp³-hybridized carbons (Fsp3) is 0.471. The zero-order chi connectivity index (χ0) is 17.3. The van der Waals surface area contributed by atoms with Gasteiger partial charge in [-0.15, -0.1) is 5.10 Å². The molecule has 1 atom stereocenters. The maximum atomic E-state index is 13.4. The molecule has 1 aliphatic rings. The Hall–Kier alpha value is -2.28. The minimum atomic E-state index is -0.261. The summed E-state index contributed by atoms with van der Waals surface area (Å²) in [6.07, 6.45) is -0.261. The first kappa shape index (κ1) is 16.6. The van der Waals surface area contributed by atoms with Crippen LogP contribution in [0.4, 0.5) is 4.39 Å². The van der Waals surface area contributed by atoms with Crippen LogP contribution in [0.2, 0.25) is 0 Å². The van der Waals surface area contributed by atoms with Crippen molar-refractivity contribution < 1.29 is 13.9 Å². The third-order valence-electron chi connectivity index (χ3n) is 4.22. The maximum absolute atomic E-state index is 13.4. The average molecular weight is 332 g/mol. The van der Waals surface area contributed by atoms with Gasteiger partial charge in [-0.2, -0.15) is 9.90 Å². The van der Waals surface area contributed by atoms with E-state index in [4.69, 9.17) is 4.74 Å². The van der Waals surface area contributed by atoms with Crippen molar-refractivity contribution in [3.8, 4) is 0 Å². The van der Waals surface area contributed by atoms with Crippen LogP contribution in [0.3, 0.4) is 0 Å². The molecule has 0 aliphatic carbocycles. The third kappa shape index (κ3) is 3.17. The highest BCUT2D eigenvalue weighted by Gasteiger charge is 2.29. The third-order valence-corrected chi connectivity index (χ3v) is 4.22. The lowest BCUT2D eigenvalue weighted by Crippen LogP contribution is -2.42. The summed E-state index contributed by atoms with van der Waals surface area (Å²) in [5.74, 6) is -0.381. The maximum Gasteiger partial charge on any atom is 0.276 e. The Morgan fingerprint density at radius 3 is 2.83 bits per heavy atom. The SMILES string of the molecule is CCn1nc(C)c(C(=O)N2CCOC(c3ccc(F)c(C)c3)C2)n1. The molecule has 0 N–H and O–H groups in total. The quantitative estimate of drug-likeness (QED) is 0.865. The zero-order valence-electron chi connectivity index (χ0n) is 14.1. The zero-order valence-corrected chi connectivity index (χ0v) is 14.1. The molecule has 6 nitrogen and oxygen atoms in total. The molecule has 2 aromatic rings. The Morgan fingerprint density at radius 1 is 1.38 bits per heavy atom. The van der Waals surface area contributed by atoms with Crippen molar-refractivity contribution in [2.24, 2.45) is 0 Å². The number of hydrogen-bond donors (Lipinski definition) is 0. The minimum Gasteiger partial charge on any atom is -0.370 e. The standard InChI is InChI=1S/C17H21FN4O2/c1-4-22-19-12(3)16(20-22)17(23)21-7-8-24-15(10-21)13-5-6-14(18)11(2)9-13/h5-6,9,15H,4,7-8,10H2,1-3H3. The topological polar surface area (TPSA) is 60.2 Å². The Labute approximate surface area is 140 Å². The number of morpholine rings is 1. The number of benzene rings is 1. The largest absolute Gasteiger partial charge is 0.370 e. The van der Waals surface area contributed by atoms with E-state index in [1.807, 2.05) is 6.92 Å². The van der Waals surface area contributed by atoms with Gasteiger partial charge in [-0.1, -0.05) is 12.1 Å². The van der Waals surface area contributed by atoms with E-state index in [1.165, 1.54) is 10.9 Å². The first-order valence-electron chi connectivity index (χ1n) is 8.08. The van der Waals surface area contributed by atoms with Crippen LogP contribution in [0.25, 0.3) is 0 Å². The van der Waals surface area contributed by atoms with Crippen molar-refractivity contribution in [3.05, 3.63) is 46.5 Å². The molecule has 1 aliphatic heterocycles. The van der Waals surface area contributed by atoms with Gasteiger partial charge in [0.2, 0.25) is 0 Å². The highest BCUT2D eigenvalue weighted by molar-refractivity contribution is 5.93. The van der Waals surface area contributed by atoms with Crippen molar-refractivity contribution in [1.82, 2.24) is 19.9 Å². The fourth-order valence-electron chi connectivity index (χ4n) is 2.82. The van der Waals surface area contributed by atoms with E-state index in [1.54, 1.807) is 30.9 Å². The van der Waals surface area contributed by atoms with Crippen LogP contribution in [0.5, 0.6) is 0 Å².